The normalized spacial score (nSPS) is 11.2. The van der Waals surface area contributed by atoms with Crippen molar-refractivity contribution in [1.29, 1.82) is 0 Å². The SMILES string of the molecule is CSC(=O)SCc1cc(C)ccc1N=P(c1ccccc1)(c1ccccc1)c1ccccc1. The van der Waals surface area contributed by atoms with Gasteiger partial charge in [0.1, 0.15) is 0 Å². The Kier molecular flexibility index (Phi) is 7.93. The molecule has 33 heavy (non-hydrogen) atoms. The quantitative estimate of drug-likeness (QED) is 0.263. The fourth-order valence-corrected chi connectivity index (χ4v) is 8.56. The third-order valence-electron chi connectivity index (χ3n) is 5.39. The summed E-state index contributed by atoms with van der Waals surface area (Å²) in [4.78, 5) is 12.0. The van der Waals surface area contributed by atoms with Crippen LogP contribution < -0.4 is 15.9 Å². The Hall–Kier alpha value is -2.52. The second-order valence-electron chi connectivity index (χ2n) is 7.62. The summed E-state index contributed by atoms with van der Waals surface area (Å²) in [5, 5.41) is 3.63. The Balaban J connectivity index is 2.04. The van der Waals surface area contributed by atoms with E-state index in [9.17, 15) is 4.79 Å². The Morgan fingerprint density at radius 3 is 1.70 bits per heavy atom. The van der Waals surface area contributed by atoms with Crippen molar-refractivity contribution >= 4 is 56.6 Å². The fourth-order valence-electron chi connectivity index (χ4n) is 3.84. The summed E-state index contributed by atoms with van der Waals surface area (Å²) in [6.45, 7) is 2.09. The molecule has 0 amide bonds. The lowest BCUT2D eigenvalue weighted by atomic mass is 10.1. The maximum Gasteiger partial charge on any atom is 0.246 e. The molecule has 0 saturated heterocycles. The van der Waals surface area contributed by atoms with E-state index in [0.717, 1.165) is 11.3 Å². The van der Waals surface area contributed by atoms with Crippen molar-refractivity contribution in [2.45, 2.75) is 12.7 Å². The molecule has 0 N–H and O–H groups in total. The Bertz CT molecular complexity index is 1170. The summed E-state index contributed by atoms with van der Waals surface area (Å²) in [6, 6.07) is 38.2. The van der Waals surface area contributed by atoms with Gasteiger partial charge in [-0.2, -0.15) is 0 Å². The molecule has 0 fully saturated rings. The van der Waals surface area contributed by atoms with E-state index < -0.39 is 7.05 Å². The van der Waals surface area contributed by atoms with E-state index in [-0.39, 0.29) is 4.45 Å². The minimum Gasteiger partial charge on any atom is -0.274 e. The van der Waals surface area contributed by atoms with Crippen LogP contribution in [0.15, 0.2) is 114 Å². The number of nitrogens with zero attached hydrogens (tertiary/aromatic N) is 1. The fraction of sp³-hybridized carbons (Fsp3) is 0.107. The van der Waals surface area contributed by atoms with Crippen LogP contribution in [0, 0.1) is 6.92 Å². The third kappa shape index (κ3) is 5.35. The first-order valence-electron chi connectivity index (χ1n) is 10.7. The molecular formula is C28H26NOPS2. The van der Waals surface area contributed by atoms with Gasteiger partial charge in [0.15, 0.2) is 0 Å². The monoisotopic (exact) mass is 487 g/mol. The van der Waals surface area contributed by atoms with Crippen molar-refractivity contribution in [3.8, 4) is 0 Å². The minimum absolute atomic E-state index is 0.123. The van der Waals surface area contributed by atoms with Crippen LogP contribution in [-0.4, -0.2) is 10.7 Å². The molecular weight excluding hydrogens is 461 g/mol. The molecule has 4 aromatic carbocycles. The average Bonchev–Trinajstić information content (AvgIpc) is 2.88. The molecule has 0 aliphatic rings. The molecule has 4 aromatic rings. The number of benzene rings is 4. The van der Waals surface area contributed by atoms with Gasteiger partial charge in [-0.05, 0) is 24.8 Å². The van der Waals surface area contributed by atoms with Crippen molar-refractivity contribution in [3.05, 3.63) is 120 Å². The van der Waals surface area contributed by atoms with Crippen LogP contribution in [0.5, 0.6) is 0 Å². The molecule has 2 nitrogen and oxygen atoms in total. The lowest BCUT2D eigenvalue weighted by Gasteiger charge is -2.27. The van der Waals surface area contributed by atoms with Crippen molar-refractivity contribution in [2.24, 2.45) is 4.74 Å². The highest BCUT2D eigenvalue weighted by atomic mass is 32.2. The number of carbonyl (C=O) groups excluding carboxylic acids is 1. The van der Waals surface area contributed by atoms with Gasteiger partial charge in [-0.3, -0.25) is 9.54 Å². The van der Waals surface area contributed by atoms with Gasteiger partial charge in [-0.1, -0.05) is 132 Å². The van der Waals surface area contributed by atoms with Gasteiger partial charge in [0.2, 0.25) is 4.45 Å². The van der Waals surface area contributed by atoms with E-state index in [1.807, 2.05) is 6.26 Å². The summed E-state index contributed by atoms with van der Waals surface area (Å²) in [6.07, 6.45) is 1.83. The second-order valence-corrected chi connectivity index (χ2v) is 12.6. The lowest BCUT2D eigenvalue weighted by Crippen LogP contribution is -2.25. The van der Waals surface area contributed by atoms with Crippen molar-refractivity contribution in [2.75, 3.05) is 6.26 Å². The van der Waals surface area contributed by atoms with E-state index in [4.69, 9.17) is 4.74 Å². The van der Waals surface area contributed by atoms with Crippen LogP contribution in [0.25, 0.3) is 0 Å². The molecule has 0 spiro atoms. The zero-order valence-electron chi connectivity index (χ0n) is 18.7. The van der Waals surface area contributed by atoms with E-state index in [1.165, 1.54) is 45.0 Å². The van der Waals surface area contributed by atoms with E-state index in [0.29, 0.717) is 5.75 Å². The molecule has 0 aliphatic carbocycles. The number of hydrogen-bond donors (Lipinski definition) is 0. The molecule has 0 unspecified atom stereocenters. The molecule has 4 rings (SSSR count). The van der Waals surface area contributed by atoms with E-state index in [2.05, 4.69) is 116 Å². The first kappa shape index (κ1) is 23.6. The zero-order valence-corrected chi connectivity index (χ0v) is 21.2. The highest BCUT2D eigenvalue weighted by Crippen LogP contribution is 2.50. The van der Waals surface area contributed by atoms with E-state index >= 15 is 0 Å². The van der Waals surface area contributed by atoms with Gasteiger partial charge < -0.3 is 0 Å². The predicted octanol–water partition coefficient (Wildman–Crippen LogP) is 7.52. The number of rotatable bonds is 6. The largest absolute Gasteiger partial charge is 0.274 e. The number of thioether (sulfide) groups is 2. The topological polar surface area (TPSA) is 29.4 Å². The van der Waals surface area contributed by atoms with Gasteiger partial charge in [-0.25, -0.2) is 0 Å². The van der Waals surface area contributed by atoms with Crippen LogP contribution in [0.1, 0.15) is 11.1 Å². The van der Waals surface area contributed by atoms with E-state index in [1.54, 1.807) is 0 Å². The summed E-state index contributed by atoms with van der Waals surface area (Å²) in [7, 11) is -2.35. The van der Waals surface area contributed by atoms with Gasteiger partial charge in [0.25, 0.3) is 0 Å². The first-order valence-corrected chi connectivity index (χ1v) is 14.7. The van der Waals surface area contributed by atoms with Gasteiger partial charge in [-0.15, -0.1) is 0 Å². The van der Waals surface area contributed by atoms with Gasteiger partial charge in [0.05, 0.1) is 12.7 Å². The van der Waals surface area contributed by atoms with Crippen molar-refractivity contribution in [1.82, 2.24) is 0 Å². The smallest absolute Gasteiger partial charge is 0.246 e. The third-order valence-corrected chi connectivity index (χ3v) is 10.9. The van der Waals surface area contributed by atoms with Crippen molar-refractivity contribution < 1.29 is 4.79 Å². The Morgan fingerprint density at radius 2 is 1.24 bits per heavy atom. The van der Waals surface area contributed by atoms with Crippen LogP contribution in [0.3, 0.4) is 0 Å². The summed E-state index contributed by atoms with van der Waals surface area (Å²) in [5.74, 6) is 0.610. The Labute approximate surface area is 204 Å². The maximum absolute atomic E-state index is 12.0. The zero-order chi connectivity index (χ0) is 23.1. The van der Waals surface area contributed by atoms with Crippen LogP contribution >= 0.6 is 30.6 Å². The Morgan fingerprint density at radius 1 is 0.758 bits per heavy atom. The molecule has 0 aromatic heterocycles. The summed E-state index contributed by atoms with van der Waals surface area (Å²) < 4.78 is 5.75. The highest BCUT2D eigenvalue weighted by molar-refractivity contribution is 8.38. The molecule has 0 bridgehead atoms. The maximum atomic E-state index is 12.0. The summed E-state index contributed by atoms with van der Waals surface area (Å²) in [5.41, 5.74) is 3.21. The number of hydrogen-bond acceptors (Lipinski definition) is 4. The van der Waals surface area contributed by atoms with Crippen molar-refractivity contribution in [3.63, 3.8) is 0 Å². The molecule has 0 heterocycles. The molecule has 166 valence electrons. The predicted molar refractivity (Wildman–Crippen MR) is 149 cm³/mol. The van der Waals surface area contributed by atoms with Crippen LogP contribution in [0.2, 0.25) is 0 Å². The van der Waals surface area contributed by atoms with Crippen LogP contribution in [0.4, 0.5) is 10.5 Å². The number of carbonyl (C=O) groups is 1. The first-order chi connectivity index (χ1) is 16.1. The molecule has 5 heteroatoms. The average molecular weight is 488 g/mol. The number of aryl methyl sites for hydroxylation is 1. The second kappa shape index (κ2) is 11.1. The minimum atomic E-state index is -2.35. The molecule has 0 saturated carbocycles. The molecule has 0 atom stereocenters. The van der Waals surface area contributed by atoms with Gasteiger partial charge in [0, 0.05) is 21.7 Å². The van der Waals surface area contributed by atoms with Crippen LogP contribution in [-0.2, 0) is 5.75 Å². The standard InChI is InChI=1S/C28H26NOPS2/c1-22-18-19-27(23(20-22)21-33-28(30)32-2)29-31(24-12-6-3-7-13-24,25-14-8-4-9-15-25)26-16-10-5-11-17-26/h3-20H,21H2,1-2H3. The summed E-state index contributed by atoms with van der Waals surface area (Å²) >= 11 is 2.60. The molecule has 0 aliphatic heterocycles. The lowest BCUT2D eigenvalue weighted by molar-refractivity contribution is 0.276. The van der Waals surface area contributed by atoms with Gasteiger partial charge >= 0.3 is 0 Å². The highest BCUT2D eigenvalue weighted by Gasteiger charge is 2.27. The molecule has 0 radical (unpaired) electrons.